The van der Waals surface area contributed by atoms with Crippen molar-refractivity contribution in [1.82, 2.24) is 0 Å². The third-order valence-corrected chi connectivity index (χ3v) is 2.60. The van der Waals surface area contributed by atoms with Crippen LogP contribution in [0.1, 0.15) is 12.5 Å². The van der Waals surface area contributed by atoms with E-state index < -0.39 is 0 Å². The van der Waals surface area contributed by atoms with Gasteiger partial charge in [-0.05, 0) is 18.6 Å². The van der Waals surface area contributed by atoms with E-state index in [1.165, 1.54) is 11.3 Å². The third-order valence-electron chi connectivity index (χ3n) is 2.60. The van der Waals surface area contributed by atoms with Crippen LogP contribution in [0.25, 0.3) is 0 Å². The van der Waals surface area contributed by atoms with Gasteiger partial charge in [0.15, 0.2) is 0 Å². The van der Waals surface area contributed by atoms with Crippen molar-refractivity contribution >= 4 is 5.69 Å². The van der Waals surface area contributed by atoms with Crippen LogP contribution in [0.4, 0.5) is 5.69 Å². The molecule has 1 N–H and O–H groups in total. The summed E-state index contributed by atoms with van der Waals surface area (Å²) < 4.78 is 0. The molecule has 0 saturated carbocycles. The van der Waals surface area contributed by atoms with Crippen molar-refractivity contribution < 1.29 is 5.11 Å². The van der Waals surface area contributed by atoms with Crippen LogP contribution in [0.15, 0.2) is 24.3 Å². The summed E-state index contributed by atoms with van der Waals surface area (Å²) in [6.45, 7) is 3.86. The third kappa shape index (κ3) is 1.54. The Bertz CT molecular complexity index is 298. The quantitative estimate of drug-likeness (QED) is 0.701. The Morgan fingerprint density at radius 3 is 3.00 bits per heavy atom. The Morgan fingerprint density at radius 1 is 1.46 bits per heavy atom. The minimum Gasteiger partial charge on any atom is -0.391 e. The molecule has 2 rings (SSSR count). The molecule has 1 aromatic carbocycles. The van der Waals surface area contributed by atoms with Gasteiger partial charge in [-0.1, -0.05) is 18.2 Å². The summed E-state index contributed by atoms with van der Waals surface area (Å²) in [6, 6.07) is 8.31. The van der Waals surface area contributed by atoms with E-state index in [4.69, 9.17) is 0 Å². The Morgan fingerprint density at radius 2 is 2.23 bits per heavy atom. The van der Waals surface area contributed by atoms with Crippen molar-refractivity contribution in [2.24, 2.45) is 0 Å². The molecule has 1 aliphatic rings. The normalized spacial score (nSPS) is 21.4. The van der Waals surface area contributed by atoms with Crippen molar-refractivity contribution in [2.75, 3.05) is 18.0 Å². The number of rotatable bonds is 1. The molecule has 1 aliphatic heterocycles. The van der Waals surface area contributed by atoms with Gasteiger partial charge in [-0.15, -0.1) is 0 Å². The van der Waals surface area contributed by atoms with E-state index in [9.17, 15) is 5.11 Å². The minimum atomic E-state index is -0.199. The molecule has 70 valence electrons. The van der Waals surface area contributed by atoms with Crippen LogP contribution in [0.3, 0.4) is 0 Å². The lowest BCUT2D eigenvalue weighted by atomic mass is 10.00. The van der Waals surface area contributed by atoms with Crippen molar-refractivity contribution in [3.63, 3.8) is 0 Å². The number of aliphatic hydroxyl groups excluding tert-OH is 1. The maximum Gasteiger partial charge on any atom is 0.0756 e. The minimum absolute atomic E-state index is 0.199. The second-order valence-corrected chi connectivity index (χ2v) is 3.53. The Kier molecular flexibility index (Phi) is 2.23. The van der Waals surface area contributed by atoms with Gasteiger partial charge in [0.2, 0.25) is 0 Å². The first kappa shape index (κ1) is 8.57. The van der Waals surface area contributed by atoms with Crippen molar-refractivity contribution in [3.05, 3.63) is 29.8 Å². The lowest BCUT2D eigenvalue weighted by Crippen LogP contribution is -2.38. The Balaban J connectivity index is 2.37. The highest BCUT2D eigenvalue weighted by atomic mass is 16.3. The number of anilines is 1. The zero-order chi connectivity index (χ0) is 9.26. The van der Waals surface area contributed by atoms with Gasteiger partial charge in [0.1, 0.15) is 0 Å². The van der Waals surface area contributed by atoms with E-state index in [0.717, 1.165) is 19.5 Å². The van der Waals surface area contributed by atoms with Gasteiger partial charge in [0.25, 0.3) is 0 Å². The van der Waals surface area contributed by atoms with E-state index in [1.54, 1.807) is 0 Å². The van der Waals surface area contributed by atoms with E-state index in [2.05, 4.69) is 30.0 Å². The molecule has 2 heteroatoms. The average molecular weight is 177 g/mol. The first-order valence-corrected chi connectivity index (χ1v) is 4.82. The summed E-state index contributed by atoms with van der Waals surface area (Å²) in [4.78, 5) is 2.23. The van der Waals surface area contributed by atoms with Gasteiger partial charge in [0, 0.05) is 25.2 Å². The van der Waals surface area contributed by atoms with Gasteiger partial charge < -0.3 is 10.0 Å². The van der Waals surface area contributed by atoms with Crippen LogP contribution < -0.4 is 4.90 Å². The predicted molar refractivity (Wildman–Crippen MR) is 54.0 cm³/mol. The highest BCUT2D eigenvalue weighted by Gasteiger charge is 2.20. The molecular weight excluding hydrogens is 162 g/mol. The molecule has 1 heterocycles. The molecule has 0 spiro atoms. The van der Waals surface area contributed by atoms with Gasteiger partial charge in [-0.3, -0.25) is 0 Å². The number of benzene rings is 1. The molecule has 0 aliphatic carbocycles. The number of hydrogen-bond acceptors (Lipinski definition) is 2. The molecule has 0 saturated heterocycles. The molecular formula is C11H15NO. The summed E-state index contributed by atoms with van der Waals surface area (Å²) in [6.07, 6.45) is 0.599. The van der Waals surface area contributed by atoms with Crippen LogP contribution in [-0.2, 0) is 6.42 Å². The lowest BCUT2D eigenvalue weighted by molar-refractivity contribution is 0.175. The number of β-amino-alcohol motifs (C(OH)–C–C–N with tert-alkyl or cyclic N) is 1. The first-order valence-electron chi connectivity index (χ1n) is 4.82. The molecule has 0 bridgehead atoms. The standard InChI is InChI=1S/C11H15NO/c1-2-12-8-10(13)7-9-5-3-4-6-11(9)12/h3-6,10,13H,2,7-8H2,1H3. The smallest absolute Gasteiger partial charge is 0.0756 e. The zero-order valence-corrected chi connectivity index (χ0v) is 7.90. The summed E-state index contributed by atoms with van der Waals surface area (Å²) in [5, 5.41) is 9.62. The molecule has 0 fully saturated rings. The first-order chi connectivity index (χ1) is 6.31. The van der Waals surface area contributed by atoms with E-state index >= 15 is 0 Å². The van der Waals surface area contributed by atoms with Gasteiger partial charge in [-0.25, -0.2) is 0 Å². The van der Waals surface area contributed by atoms with Gasteiger partial charge in [-0.2, -0.15) is 0 Å². The molecule has 1 atom stereocenters. The highest BCUT2D eigenvalue weighted by Crippen LogP contribution is 2.26. The second kappa shape index (κ2) is 3.38. The van der Waals surface area contributed by atoms with Crippen LogP contribution in [0.5, 0.6) is 0 Å². The van der Waals surface area contributed by atoms with Crippen LogP contribution in [0.2, 0.25) is 0 Å². The van der Waals surface area contributed by atoms with Gasteiger partial charge in [0.05, 0.1) is 6.10 Å². The molecule has 1 unspecified atom stereocenters. The largest absolute Gasteiger partial charge is 0.391 e. The maximum atomic E-state index is 9.62. The highest BCUT2D eigenvalue weighted by molar-refractivity contribution is 5.55. The summed E-state index contributed by atoms with van der Waals surface area (Å²) in [5.41, 5.74) is 2.55. The fourth-order valence-corrected chi connectivity index (χ4v) is 1.96. The number of fused-ring (bicyclic) bond motifs is 1. The summed E-state index contributed by atoms with van der Waals surface area (Å²) in [7, 11) is 0. The van der Waals surface area contributed by atoms with Crippen LogP contribution in [0, 0.1) is 0 Å². The summed E-state index contributed by atoms with van der Waals surface area (Å²) in [5.74, 6) is 0. The number of para-hydroxylation sites is 1. The topological polar surface area (TPSA) is 23.5 Å². The number of aliphatic hydroxyl groups is 1. The molecule has 0 radical (unpaired) electrons. The Hall–Kier alpha value is -1.02. The monoisotopic (exact) mass is 177 g/mol. The fraction of sp³-hybridized carbons (Fsp3) is 0.455. The number of likely N-dealkylation sites (N-methyl/N-ethyl adjacent to an activating group) is 1. The van der Waals surface area contributed by atoms with Crippen molar-refractivity contribution in [3.8, 4) is 0 Å². The van der Waals surface area contributed by atoms with Crippen LogP contribution in [-0.4, -0.2) is 24.3 Å². The molecule has 1 aromatic rings. The predicted octanol–water partition coefficient (Wildman–Crippen LogP) is 1.43. The maximum absolute atomic E-state index is 9.62. The number of hydrogen-bond donors (Lipinski definition) is 1. The van der Waals surface area contributed by atoms with Crippen molar-refractivity contribution in [1.29, 1.82) is 0 Å². The average Bonchev–Trinajstić information content (AvgIpc) is 2.16. The molecule has 0 amide bonds. The summed E-state index contributed by atoms with van der Waals surface area (Å²) >= 11 is 0. The zero-order valence-electron chi connectivity index (χ0n) is 7.90. The molecule has 2 nitrogen and oxygen atoms in total. The SMILES string of the molecule is CCN1CC(O)Cc2ccccc21. The Labute approximate surface area is 78.8 Å². The molecule has 0 aromatic heterocycles. The van der Waals surface area contributed by atoms with Crippen LogP contribution >= 0.6 is 0 Å². The fourth-order valence-electron chi connectivity index (χ4n) is 1.96. The second-order valence-electron chi connectivity index (χ2n) is 3.53. The lowest BCUT2D eigenvalue weighted by Gasteiger charge is -2.33. The van der Waals surface area contributed by atoms with E-state index in [-0.39, 0.29) is 6.10 Å². The molecule has 13 heavy (non-hydrogen) atoms. The van der Waals surface area contributed by atoms with E-state index in [1.807, 2.05) is 6.07 Å². The van der Waals surface area contributed by atoms with Crippen molar-refractivity contribution in [2.45, 2.75) is 19.4 Å². The van der Waals surface area contributed by atoms with Gasteiger partial charge >= 0.3 is 0 Å². The van der Waals surface area contributed by atoms with E-state index in [0.29, 0.717) is 0 Å². The number of nitrogens with zero attached hydrogens (tertiary/aromatic N) is 1.